The molecule has 2 saturated heterocycles. The fourth-order valence-corrected chi connectivity index (χ4v) is 4.70. The molecule has 26 heavy (non-hydrogen) atoms. The molecule has 0 radical (unpaired) electrons. The summed E-state index contributed by atoms with van der Waals surface area (Å²) in [5, 5.41) is 2.81. The molecule has 8 heteroatoms. The van der Waals surface area contributed by atoms with Crippen molar-refractivity contribution in [3.8, 4) is 0 Å². The van der Waals surface area contributed by atoms with Crippen molar-refractivity contribution in [2.75, 3.05) is 51.2 Å². The highest BCUT2D eigenvalue weighted by Crippen LogP contribution is 2.22. The number of thiazole rings is 1. The molecule has 1 unspecified atom stereocenters. The number of likely N-dealkylation sites (N-methyl/N-ethyl adjacent to an activating group) is 1. The summed E-state index contributed by atoms with van der Waals surface area (Å²) in [4.78, 5) is 37.2. The molecule has 0 bridgehead atoms. The summed E-state index contributed by atoms with van der Waals surface area (Å²) in [6, 6.07) is 0.0780. The van der Waals surface area contributed by atoms with E-state index in [0.29, 0.717) is 12.5 Å². The monoisotopic (exact) mass is 379 g/mol. The zero-order chi connectivity index (χ0) is 18.7. The van der Waals surface area contributed by atoms with E-state index in [9.17, 15) is 9.59 Å². The lowest BCUT2D eigenvalue weighted by atomic mass is 10.1. The van der Waals surface area contributed by atoms with Gasteiger partial charge in [-0.05, 0) is 33.4 Å². The third kappa shape index (κ3) is 4.24. The molecule has 3 rings (SSSR count). The third-order valence-corrected chi connectivity index (χ3v) is 6.25. The highest BCUT2D eigenvalue weighted by Gasteiger charge is 2.32. The molecule has 2 fully saturated rings. The van der Waals surface area contributed by atoms with Crippen molar-refractivity contribution in [3.63, 3.8) is 0 Å². The number of aromatic nitrogens is 1. The minimum absolute atomic E-state index is 0.0254. The molecule has 2 aliphatic heterocycles. The average molecular weight is 380 g/mol. The molecule has 2 amide bonds. The number of likely N-dealkylation sites (tertiary alicyclic amines) is 1. The van der Waals surface area contributed by atoms with Gasteiger partial charge >= 0.3 is 0 Å². The highest BCUT2D eigenvalue weighted by molar-refractivity contribution is 7.14. The van der Waals surface area contributed by atoms with Gasteiger partial charge in [-0.1, -0.05) is 0 Å². The van der Waals surface area contributed by atoms with Crippen molar-refractivity contribution in [2.24, 2.45) is 0 Å². The van der Waals surface area contributed by atoms with E-state index < -0.39 is 0 Å². The first kappa shape index (κ1) is 19.3. The van der Waals surface area contributed by atoms with Crippen molar-refractivity contribution >= 4 is 28.3 Å². The summed E-state index contributed by atoms with van der Waals surface area (Å²) in [6.45, 7) is 9.29. The van der Waals surface area contributed by atoms with Gasteiger partial charge in [-0.2, -0.15) is 0 Å². The van der Waals surface area contributed by atoms with Crippen LogP contribution in [0.15, 0.2) is 5.38 Å². The number of hydrogen-bond acceptors (Lipinski definition) is 6. The van der Waals surface area contributed by atoms with E-state index in [1.165, 1.54) is 11.3 Å². The normalized spacial score (nSPS) is 22.0. The molecule has 2 aliphatic rings. The molecule has 3 heterocycles. The first-order valence-electron chi connectivity index (χ1n) is 9.43. The maximum Gasteiger partial charge on any atom is 0.240 e. The Hall–Kier alpha value is -1.51. The van der Waals surface area contributed by atoms with Crippen molar-refractivity contribution in [3.05, 3.63) is 11.1 Å². The van der Waals surface area contributed by atoms with Crippen molar-refractivity contribution in [2.45, 2.75) is 39.3 Å². The number of piperazine rings is 1. The molecule has 0 saturated carbocycles. The minimum atomic E-state index is 0.0254. The molecular formula is C18H29N5O2S. The second kappa shape index (κ2) is 8.45. The van der Waals surface area contributed by atoms with Gasteiger partial charge in [-0.25, -0.2) is 4.98 Å². The van der Waals surface area contributed by atoms with Crippen LogP contribution < -0.4 is 4.90 Å². The molecule has 1 aromatic heterocycles. The van der Waals surface area contributed by atoms with Crippen LogP contribution in [-0.4, -0.2) is 83.9 Å². The van der Waals surface area contributed by atoms with Gasteiger partial charge in [-0.3, -0.25) is 24.3 Å². The molecule has 0 spiro atoms. The maximum absolute atomic E-state index is 12.7. The molecule has 0 aromatic carbocycles. The third-order valence-electron chi connectivity index (χ3n) is 5.34. The molecule has 0 N–H and O–H groups in total. The Morgan fingerprint density at radius 1 is 1.27 bits per heavy atom. The molecule has 0 aliphatic carbocycles. The molecule has 7 nitrogen and oxygen atoms in total. The second-order valence-corrected chi connectivity index (χ2v) is 7.96. The quantitative estimate of drug-likeness (QED) is 0.771. The van der Waals surface area contributed by atoms with Crippen LogP contribution in [-0.2, 0) is 16.1 Å². The van der Waals surface area contributed by atoms with Crippen LogP contribution >= 0.6 is 11.3 Å². The van der Waals surface area contributed by atoms with Crippen LogP contribution in [0.3, 0.4) is 0 Å². The number of hydrogen-bond donors (Lipinski definition) is 0. The Labute approximate surface area is 159 Å². The van der Waals surface area contributed by atoms with Gasteiger partial charge in [0.2, 0.25) is 11.8 Å². The minimum Gasteiger partial charge on any atom is -0.339 e. The van der Waals surface area contributed by atoms with Gasteiger partial charge in [0.1, 0.15) is 0 Å². The zero-order valence-corrected chi connectivity index (χ0v) is 16.8. The summed E-state index contributed by atoms with van der Waals surface area (Å²) >= 11 is 1.52. The largest absolute Gasteiger partial charge is 0.339 e. The average Bonchev–Trinajstić information content (AvgIpc) is 3.24. The van der Waals surface area contributed by atoms with Crippen LogP contribution in [0.1, 0.15) is 32.4 Å². The zero-order valence-electron chi connectivity index (χ0n) is 16.0. The van der Waals surface area contributed by atoms with Crippen LogP contribution in [0.2, 0.25) is 0 Å². The summed E-state index contributed by atoms with van der Waals surface area (Å²) in [7, 11) is 2.05. The summed E-state index contributed by atoms with van der Waals surface area (Å²) in [6.07, 6.45) is 2.11. The second-order valence-electron chi connectivity index (χ2n) is 7.12. The predicted molar refractivity (Wildman–Crippen MR) is 103 cm³/mol. The number of anilines is 1. The highest BCUT2D eigenvalue weighted by atomic mass is 32.1. The van der Waals surface area contributed by atoms with Crippen molar-refractivity contribution < 1.29 is 9.59 Å². The summed E-state index contributed by atoms with van der Waals surface area (Å²) in [5.74, 6) is 0.318. The Morgan fingerprint density at radius 3 is 2.58 bits per heavy atom. The van der Waals surface area contributed by atoms with Gasteiger partial charge in [-0.15, -0.1) is 11.3 Å². The van der Waals surface area contributed by atoms with E-state index in [1.54, 1.807) is 11.8 Å². The fourth-order valence-electron chi connectivity index (χ4n) is 3.77. The number of nitrogens with zero attached hydrogens (tertiary/aromatic N) is 5. The van der Waals surface area contributed by atoms with Crippen LogP contribution in [0.25, 0.3) is 0 Å². The van der Waals surface area contributed by atoms with E-state index in [0.717, 1.165) is 62.9 Å². The first-order chi connectivity index (χ1) is 12.5. The fraction of sp³-hybridized carbons (Fsp3) is 0.722. The summed E-state index contributed by atoms with van der Waals surface area (Å²) < 4.78 is 0. The van der Waals surface area contributed by atoms with Crippen LogP contribution in [0.5, 0.6) is 0 Å². The number of carbonyl (C=O) groups is 2. The lowest BCUT2D eigenvalue weighted by Crippen LogP contribution is -2.52. The van der Waals surface area contributed by atoms with E-state index >= 15 is 0 Å². The van der Waals surface area contributed by atoms with E-state index in [2.05, 4.69) is 14.8 Å². The number of carbonyl (C=O) groups excluding carboxylic acids is 2. The van der Waals surface area contributed by atoms with Gasteiger partial charge in [0.25, 0.3) is 0 Å². The van der Waals surface area contributed by atoms with E-state index in [1.807, 2.05) is 24.3 Å². The summed E-state index contributed by atoms with van der Waals surface area (Å²) in [5.41, 5.74) is 1.00. The van der Waals surface area contributed by atoms with Crippen LogP contribution in [0.4, 0.5) is 5.13 Å². The van der Waals surface area contributed by atoms with Crippen molar-refractivity contribution in [1.29, 1.82) is 0 Å². The lowest BCUT2D eigenvalue weighted by Gasteiger charge is -2.36. The number of amides is 2. The van der Waals surface area contributed by atoms with Gasteiger partial charge in [0.05, 0.1) is 11.7 Å². The topological polar surface area (TPSA) is 60.0 Å². The predicted octanol–water partition coefficient (Wildman–Crippen LogP) is 1.25. The number of rotatable bonds is 5. The Balaban J connectivity index is 1.50. The van der Waals surface area contributed by atoms with Gasteiger partial charge in [0, 0.05) is 51.6 Å². The van der Waals surface area contributed by atoms with Gasteiger partial charge < -0.3 is 4.90 Å². The SMILES string of the molecule is CCN(C(C)=O)c1nc(CN2CCN(C(=O)C3CCCN3C)CC2)cs1. The lowest BCUT2D eigenvalue weighted by molar-refractivity contribution is -0.137. The van der Waals surface area contributed by atoms with E-state index in [4.69, 9.17) is 0 Å². The van der Waals surface area contributed by atoms with E-state index in [-0.39, 0.29) is 11.9 Å². The molecule has 1 aromatic rings. The Bertz CT molecular complexity index is 641. The maximum atomic E-state index is 12.7. The molecular weight excluding hydrogens is 350 g/mol. The van der Waals surface area contributed by atoms with Gasteiger partial charge in [0.15, 0.2) is 5.13 Å². The standard InChI is InChI=1S/C18H29N5O2S/c1-4-23(14(2)24)18-19-15(13-26-18)12-21-8-10-22(11-9-21)17(25)16-6-5-7-20(16)3/h13,16H,4-12H2,1-3H3. The smallest absolute Gasteiger partial charge is 0.240 e. The Kier molecular flexibility index (Phi) is 6.26. The Morgan fingerprint density at radius 2 is 2.00 bits per heavy atom. The molecule has 144 valence electrons. The molecule has 1 atom stereocenters. The first-order valence-corrected chi connectivity index (χ1v) is 10.3. The van der Waals surface area contributed by atoms with Crippen molar-refractivity contribution in [1.82, 2.24) is 19.7 Å². The van der Waals surface area contributed by atoms with Crippen LogP contribution in [0, 0.1) is 0 Å².